The van der Waals surface area contributed by atoms with Crippen LogP contribution in [0.5, 0.6) is 0 Å². The Balaban J connectivity index is 2.13. The molecule has 92 valence electrons. The molecule has 4 rings (SSSR count). The Kier molecular flexibility index (Phi) is 2.25. The van der Waals surface area contributed by atoms with E-state index in [2.05, 4.69) is 67.6 Å². The van der Waals surface area contributed by atoms with Crippen LogP contribution in [0, 0.1) is 0 Å². The lowest BCUT2D eigenvalue weighted by Crippen LogP contribution is -1.98. The minimum Gasteiger partial charge on any atom is -0.0620 e. The van der Waals surface area contributed by atoms with Crippen molar-refractivity contribution in [1.29, 1.82) is 0 Å². The van der Waals surface area contributed by atoms with Gasteiger partial charge < -0.3 is 0 Å². The molecule has 0 amide bonds. The molecule has 0 heterocycles. The zero-order valence-corrected chi connectivity index (χ0v) is 11.1. The Labute approximate surface area is 113 Å². The van der Waals surface area contributed by atoms with Gasteiger partial charge in [-0.2, -0.15) is 0 Å². The smallest absolute Gasteiger partial charge is 0.00701 e. The van der Waals surface area contributed by atoms with Gasteiger partial charge in [0.15, 0.2) is 0 Å². The summed E-state index contributed by atoms with van der Waals surface area (Å²) in [4.78, 5) is 0. The minimum atomic E-state index is 0.476. The Morgan fingerprint density at radius 1 is 0.737 bits per heavy atom. The summed E-state index contributed by atoms with van der Waals surface area (Å²) in [6.45, 7) is 2.33. The second kappa shape index (κ2) is 3.96. The molecule has 19 heavy (non-hydrogen) atoms. The van der Waals surface area contributed by atoms with Crippen LogP contribution < -0.4 is 0 Å². The highest BCUT2D eigenvalue weighted by Crippen LogP contribution is 2.38. The summed E-state index contributed by atoms with van der Waals surface area (Å²) in [5, 5.41) is 2.84. The molecular formula is C19H16. The van der Waals surface area contributed by atoms with E-state index in [4.69, 9.17) is 0 Å². The van der Waals surface area contributed by atoms with Gasteiger partial charge in [0, 0.05) is 5.92 Å². The Morgan fingerprint density at radius 2 is 1.42 bits per heavy atom. The maximum atomic E-state index is 2.33. The fraction of sp³-hybridized carbons (Fsp3) is 0.158. The van der Waals surface area contributed by atoms with Crippen molar-refractivity contribution < 1.29 is 0 Å². The standard InChI is InChI=1S/C19H16/c1-13-17-10-3-2-6-15(17)12-16-9-4-7-14-8-5-11-18(13)19(14)16/h2-11,13H,12H2,1H3. The zero-order valence-electron chi connectivity index (χ0n) is 11.1. The van der Waals surface area contributed by atoms with E-state index in [0.717, 1.165) is 6.42 Å². The van der Waals surface area contributed by atoms with Crippen molar-refractivity contribution in [3.05, 3.63) is 82.9 Å². The summed E-state index contributed by atoms with van der Waals surface area (Å²) in [6.07, 6.45) is 1.05. The number of rotatable bonds is 0. The second-order valence-electron chi connectivity index (χ2n) is 5.46. The molecule has 0 N–H and O–H groups in total. The van der Waals surface area contributed by atoms with Crippen molar-refractivity contribution >= 4 is 10.8 Å². The number of hydrogen-bond donors (Lipinski definition) is 0. The summed E-state index contributed by atoms with van der Waals surface area (Å²) >= 11 is 0. The molecule has 0 nitrogen and oxygen atoms in total. The molecule has 3 aromatic rings. The SMILES string of the molecule is CC1c2ccccc2Cc2cccc3cccc1c23. The van der Waals surface area contributed by atoms with Crippen molar-refractivity contribution in [1.82, 2.24) is 0 Å². The minimum absolute atomic E-state index is 0.476. The monoisotopic (exact) mass is 244 g/mol. The molecule has 3 aromatic carbocycles. The van der Waals surface area contributed by atoms with Gasteiger partial charge in [-0.1, -0.05) is 67.6 Å². The van der Waals surface area contributed by atoms with Gasteiger partial charge in [0.2, 0.25) is 0 Å². The topological polar surface area (TPSA) is 0 Å². The van der Waals surface area contributed by atoms with Gasteiger partial charge in [0.1, 0.15) is 0 Å². The second-order valence-corrected chi connectivity index (χ2v) is 5.46. The molecule has 1 aliphatic rings. The highest BCUT2D eigenvalue weighted by molar-refractivity contribution is 5.90. The highest BCUT2D eigenvalue weighted by atomic mass is 14.2. The molecule has 1 atom stereocenters. The molecular weight excluding hydrogens is 228 g/mol. The lowest BCUT2D eigenvalue weighted by Gasteiger charge is -2.15. The third kappa shape index (κ3) is 1.53. The first kappa shape index (κ1) is 10.8. The zero-order chi connectivity index (χ0) is 12.8. The van der Waals surface area contributed by atoms with Crippen LogP contribution in [0.3, 0.4) is 0 Å². The predicted octanol–water partition coefficient (Wildman–Crippen LogP) is 4.90. The van der Waals surface area contributed by atoms with E-state index in [0.29, 0.717) is 5.92 Å². The summed E-state index contributed by atoms with van der Waals surface area (Å²) in [6, 6.07) is 22.3. The first-order chi connectivity index (χ1) is 9.34. The van der Waals surface area contributed by atoms with Gasteiger partial charge >= 0.3 is 0 Å². The van der Waals surface area contributed by atoms with E-state index in [1.165, 1.54) is 33.0 Å². The van der Waals surface area contributed by atoms with Crippen LogP contribution in [-0.2, 0) is 6.42 Å². The number of hydrogen-bond acceptors (Lipinski definition) is 0. The average molecular weight is 244 g/mol. The number of fused-ring (bicyclic) bond motifs is 1. The van der Waals surface area contributed by atoms with Gasteiger partial charge in [-0.25, -0.2) is 0 Å². The summed E-state index contributed by atoms with van der Waals surface area (Å²) in [5.74, 6) is 0.476. The molecule has 0 fully saturated rings. The predicted molar refractivity (Wildman–Crippen MR) is 80.7 cm³/mol. The lowest BCUT2D eigenvalue weighted by atomic mass is 9.89. The first-order valence-corrected chi connectivity index (χ1v) is 6.93. The summed E-state index contributed by atoms with van der Waals surface area (Å²) in [5.41, 5.74) is 5.88. The Morgan fingerprint density at radius 3 is 2.32 bits per heavy atom. The van der Waals surface area contributed by atoms with Crippen LogP contribution in [0.25, 0.3) is 10.8 Å². The Bertz CT molecular complexity index is 763. The number of benzene rings is 3. The first-order valence-electron chi connectivity index (χ1n) is 6.93. The van der Waals surface area contributed by atoms with Crippen molar-refractivity contribution in [2.24, 2.45) is 0 Å². The normalized spacial score (nSPS) is 17.0. The third-order valence-electron chi connectivity index (χ3n) is 4.39. The molecule has 0 heteroatoms. The van der Waals surface area contributed by atoms with Crippen LogP contribution in [-0.4, -0.2) is 0 Å². The molecule has 0 bridgehead atoms. The molecule has 1 aliphatic carbocycles. The average Bonchev–Trinajstić information content (AvgIpc) is 2.58. The van der Waals surface area contributed by atoms with Crippen molar-refractivity contribution in [3.63, 3.8) is 0 Å². The highest BCUT2D eigenvalue weighted by Gasteiger charge is 2.20. The Hall–Kier alpha value is -2.08. The molecule has 0 aliphatic heterocycles. The van der Waals surface area contributed by atoms with Crippen molar-refractivity contribution in [3.8, 4) is 0 Å². The molecule has 0 saturated carbocycles. The van der Waals surface area contributed by atoms with Gasteiger partial charge in [-0.3, -0.25) is 0 Å². The van der Waals surface area contributed by atoms with Gasteiger partial charge in [0.25, 0.3) is 0 Å². The van der Waals surface area contributed by atoms with E-state index >= 15 is 0 Å². The third-order valence-corrected chi connectivity index (χ3v) is 4.39. The maximum absolute atomic E-state index is 2.33. The van der Waals surface area contributed by atoms with Gasteiger partial charge in [0.05, 0.1) is 0 Å². The van der Waals surface area contributed by atoms with Crippen LogP contribution in [0.2, 0.25) is 0 Å². The summed E-state index contributed by atoms with van der Waals surface area (Å²) in [7, 11) is 0. The van der Waals surface area contributed by atoms with Gasteiger partial charge in [-0.05, 0) is 39.4 Å². The van der Waals surface area contributed by atoms with Gasteiger partial charge in [-0.15, -0.1) is 0 Å². The van der Waals surface area contributed by atoms with Crippen LogP contribution in [0.15, 0.2) is 60.7 Å². The van der Waals surface area contributed by atoms with E-state index in [1.807, 2.05) is 0 Å². The molecule has 0 spiro atoms. The summed E-state index contributed by atoms with van der Waals surface area (Å²) < 4.78 is 0. The van der Waals surface area contributed by atoms with Crippen LogP contribution >= 0.6 is 0 Å². The largest absolute Gasteiger partial charge is 0.0620 e. The molecule has 1 unspecified atom stereocenters. The molecule has 0 saturated heterocycles. The quantitative estimate of drug-likeness (QED) is 0.528. The fourth-order valence-corrected chi connectivity index (χ4v) is 3.45. The van der Waals surface area contributed by atoms with E-state index < -0.39 is 0 Å². The maximum Gasteiger partial charge on any atom is 0.00701 e. The van der Waals surface area contributed by atoms with E-state index in [9.17, 15) is 0 Å². The van der Waals surface area contributed by atoms with Crippen LogP contribution in [0.4, 0.5) is 0 Å². The lowest BCUT2D eigenvalue weighted by molar-refractivity contribution is 0.921. The van der Waals surface area contributed by atoms with E-state index in [1.54, 1.807) is 0 Å². The fourth-order valence-electron chi connectivity index (χ4n) is 3.45. The van der Waals surface area contributed by atoms with Crippen LogP contribution in [0.1, 0.15) is 35.1 Å². The molecule has 0 aromatic heterocycles. The molecule has 0 radical (unpaired) electrons. The van der Waals surface area contributed by atoms with Crippen molar-refractivity contribution in [2.45, 2.75) is 19.3 Å². The van der Waals surface area contributed by atoms with Crippen molar-refractivity contribution in [2.75, 3.05) is 0 Å². The van der Waals surface area contributed by atoms with E-state index in [-0.39, 0.29) is 0 Å².